The topological polar surface area (TPSA) is 50.8 Å². The van der Waals surface area contributed by atoms with Gasteiger partial charge in [0.15, 0.2) is 0 Å². The van der Waals surface area contributed by atoms with Crippen molar-refractivity contribution >= 4 is 34.4 Å². The van der Waals surface area contributed by atoms with E-state index in [0.717, 1.165) is 21.4 Å². The van der Waals surface area contributed by atoms with E-state index in [2.05, 4.69) is 66.0 Å². The van der Waals surface area contributed by atoms with Crippen LogP contribution >= 0.6 is 22.6 Å². The fourth-order valence-corrected chi connectivity index (χ4v) is 3.66. The van der Waals surface area contributed by atoms with Crippen molar-refractivity contribution in [2.45, 2.75) is 65.7 Å². The number of nitrogens with one attached hydrogen (secondary N) is 1. The standard InChI is InChI=1S/C22H33IN2O3/c1-15(2)10-11-24-18-9-8-16(12-17(18)23)19-13-25(22(6,7)14-27-19)20(26)28-21(3,4)5/h8-10,12,19,24H,11,13-14H2,1-7H3. The summed E-state index contributed by atoms with van der Waals surface area (Å²) in [5.41, 5.74) is 2.54. The van der Waals surface area contributed by atoms with Gasteiger partial charge in [-0.15, -0.1) is 0 Å². The molecule has 5 nitrogen and oxygen atoms in total. The number of halogens is 1. The van der Waals surface area contributed by atoms with Crippen LogP contribution in [-0.4, -0.2) is 41.8 Å². The van der Waals surface area contributed by atoms with Crippen LogP contribution in [0.1, 0.15) is 60.1 Å². The molecular formula is C22H33IN2O3. The summed E-state index contributed by atoms with van der Waals surface area (Å²) in [6, 6.07) is 6.28. The quantitative estimate of drug-likeness (QED) is 0.422. The summed E-state index contributed by atoms with van der Waals surface area (Å²) in [6.07, 6.45) is 1.70. The van der Waals surface area contributed by atoms with Crippen LogP contribution in [0.15, 0.2) is 29.8 Å². The smallest absolute Gasteiger partial charge is 0.410 e. The maximum atomic E-state index is 12.7. The number of anilines is 1. The molecule has 1 saturated heterocycles. The second-order valence-electron chi connectivity index (χ2n) is 9.10. The van der Waals surface area contributed by atoms with E-state index >= 15 is 0 Å². The van der Waals surface area contributed by atoms with Gasteiger partial charge in [0.25, 0.3) is 0 Å². The minimum atomic E-state index is -0.519. The maximum absolute atomic E-state index is 12.7. The average molecular weight is 500 g/mol. The van der Waals surface area contributed by atoms with Crippen LogP contribution in [0.4, 0.5) is 10.5 Å². The van der Waals surface area contributed by atoms with Crippen LogP contribution in [-0.2, 0) is 9.47 Å². The predicted molar refractivity (Wildman–Crippen MR) is 123 cm³/mol. The zero-order chi connectivity index (χ0) is 21.1. The summed E-state index contributed by atoms with van der Waals surface area (Å²) in [6.45, 7) is 15.6. The molecule has 6 heteroatoms. The highest BCUT2D eigenvalue weighted by Gasteiger charge is 2.40. The summed E-state index contributed by atoms with van der Waals surface area (Å²) in [7, 11) is 0. The molecule has 0 aliphatic carbocycles. The molecule has 1 unspecified atom stereocenters. The lowest BCUT2D eigenvalue weighted by atomic mass is 9.98. The molecule has 1 atom stereocenters. The van der Waals surface area contributed by atoms with E-state index in [4.69, 9.17) is 9.47 Å². The number of rotatable bonds is 4. The van der Waals surface area contributed by atoms with Crippen molar-refractivity contribution in [2.75, 3.05) is 25.0 Å². The highest BCUT2D eigenvalue weighted by molar-refractivity contribution is 14.1. The summed E-state index contributed by atoms with van der Waals surface area (Å²) in [5, 5.41) is 3.43. The lowest BCUT2D eigenvalue weighted by Gasteiger charge is -2.45. The molecule has 1 N–H and O–H groups in total. The first-order valence-corrected chi connectivity index (χ1v) is 10.8. The van der Waals surface area contributed by atoms with Crippen LogP contribution in [0.3, 0.4) is 0 Å². The van der Waals surface area contributed by atoms with E-state index < -0.39 is 11.1 Å². The fourth-order valence-electron chi connectivity index (χ4n) is 2.93. The van der Waals surface area contributed by atoms with Crippen molar-refractivity contribution in [1.29, 1.82) is 0 Å². The van der Waals surface area contributed by atoms with E-state index in [1.54, 1.807) is 4.90 Å². The molecular weight excluding hydrogens is 467 g/mol. The minimum Gasteiger partial charge on any atom is -0.444 e. The van der Waals surface area contributed by atoms with Crippen LogP contribution in [0.5, 0.6) is 0 Å². The van der Waals surface area contributed by atoms with Crippen molar-refractivity contribution < 1.29 is 14.3 Å². The number of hydrogen-bond acceptors (Lipinski definition) is 4. The predicted octanol–water partition coefficient (Wildman–Crippen LogP) is 5.76. The summed E-state index contributed by atoms with van der Waals surface area (Å²) >= 11 is 2.34. The lowest BCUT2D eigenvalue weighted by molar-refractivity contribution is -0.100. The number of benzene rings is 1. The van der Waals surface area contributed by atoms with E-state index in [1.807, 2.05) is 34.6 Å². The van der Waals surface area contributed by atoms with Gasteiger partial charge in [0.2, 0.25) is 0 Å². The molecule has 0 radical (unpaired) electrons. The molecule has 0 aromatic heterocycles. The number of ether oxygens (including phenoxy) is 2. The second-order valence-corrected chi connectivity index (χ2v) is 10.3. The van der Waals surface area contributed by atoms with E-state index in [1.165, 1.54) is 5.57 Å². The molecule has 1 fully saturated rings. The molecule has 2 rings (SSSR count). The zero-order valence-electron chi connectivity index (χ0n) is 18.1. The van der Waals surface area contributed by atoms with Gasteiger partial charge in [-0.25, -0.2) is 4.79 Å². The molecule has 1 heterocycles. The third-order valence-corrected chi connectivity index (χ3v) is 5.39. The van der Waals surface area contributed by atoms with Crippen molar-refractivity contribution in [3.63, 3.8) is 0 Å². The van der Waals surface area contributed by atoms with Crippen LogP contribution in [0.25, 0.3) is 0 Å². The number of amides is 1. The number of carbonyl (C=O) groups is 1. The van der Waals surface area contributed by atoms with Gasteiger partial charge in [-0.1, -0.05) is 17.7 Å². The Hall–Kier alpha value is -1.28. The number of hydrogen-bond donors (Lipinski definition) is 1. The molecule has 0 saturated carbocycles. The monoisotopic (exact) mass is 500 g/mol. The van der Waals surface area contributed by atoms with Gasteiger partial charge in [0.05, 0.1) is 18.7 Å². The second kappa shape index (κ2) is 9.03. The molecule has 1 amide bonds. The van der Waals surface area contributed by atoms with E-state index in [0.29, 0.717) is 13.2 Å². The van der Waals surface area contributed by atoms with E-state index in [-0.39, 0.29) is 12.2 Å². The summed E-state index contributed by atoms with van der Waals surface area (Å²) < 4.78 is 12.9. The SMILES string of the molecule is CC(C)=CCNc1ccc(C2CN(C(=O)OC(C)(C)C)C(C)(C)CO2)cc1I. The molecule has 156 valence electrons. The fraction of sp³-hybridized carbons (Fsp3) is 0.591. The Morgan fingerprint density at radius 1 is 1.39 bits per heavy atom. The Labute approximate surface area is 183 Å². The Kier molecular flexibility index (Phi) is 7.42. The largest absolute Gasteiger partial charge is 0.444 e. The average Bonchev–Trinajstić information content (AvgIpc) is 2.54. The van der Waals surface area contributed by atoms with Gasteiger partial charge in [0, 0.05) is 15.8 Å². The highest BCUT2D eigenvalue weighted by atomic mass is 127. The molecule has 0 bridgehead atoms. The maximum Gasteiger partial charge on any atom is 0.410 e. The first-order valence-electron chi connectivity index (χ1n) is 9.68. The number of carbonyl (C=O) groups excluding carboxylic acids is 1. The van der Waals surface area contributed by atoms with Crippen molar-refractivity contribution in [2.24, 2.45) is 0 Å². The van der Waals surface area contributed by atoms with Crippen LogP contribution in [0, 0.1) is 3.57 Å². The minimum absolute atomic E-state index is 0.166. The Balaban J connectivity index is 2.14. The Morgan fingerprint density at radius 3 is 2.64 bits per heavy atom. The number of nitrogens with zero attached hydrogens (tertiary/aromatic N) is 1. The van der Waals surface area contributed by atoms with Gasteiger partial charge in [-0.2, -0.15) is 0 Å². The van der Waals surface area contributed by atoms with Gasteiger partial charge in [0.1, 0.15) is 11.7 Å². The van der Waals surface area contributed by atoms with Gasteiger partial charge in [-0.05, 0) is 88.8 Å². The first-order chi connectivity index (χ1) is 12.9. The van der Waals surface area contributed by atoms with E-state index in [9.17, 15) is 4.79 Å². The van der Waals surface area contributed by atoms with Crippen molar-refractivity contribution in [3.05, 3.63) is 39.0 Å². The molecule has 1 aromatic rings. The normalized spacial score (nSPS) is 19.1. The summed E-state index contributed by atoms with van der Waals surface area (Å²) in [4.78, 5) is 14.5. The molecule has 1 aliphatic rings. The third kappa shape index (κ3) is 6.37. The van der Waals surface area contributed by atoms with Crippen LogP contribution in [0.2, 0.25) is 0 Å². The summed E-state index contributed by atoms with van der Waals surface area (Å²) in [5.74, 6) is 0. The van der Waals surface area contributed by atoms with Gasteiger partial charge < -0.3 is 14.8 Å². The molecule has 0 spiro atoms. The van der Waals surface area contributed by atoms with Crippen molar-refractivity contribution in [3.8, 4) is 0 Å². The third-order valence-electron chi connectivity index (χ3n) is 4.50. The van der Waals surface area contributed by atoms with Gasteiger partial charge in [-0.3, -0.25) is 4.90 Å². The Bertz CT molecular complexity index is 734. The van der Waals surface area contributed by atoms with Crippen molar-refractivity contribution in [1.82, 2.24) is 4.90 Å². The molecule has 28 heavy (non-hydrogen) atoms. The zero-order valence-corrected chi connectivity index (χ0v) is 20.2. The van der Waals surface area contributed by atoms with Crippen LogP contribution < -0.4 is 5.32 Å². The van der Waals surface area contributed by atoms with Gasteiger partial charge >= 0.3 is 6.09 Å². The number of allylic oxidation sites excluding steroid dienone is 1. The lowest BCUT2D eigenvalue weighted by Crippen LogP contribution is -2.57. The molecule has 1 aliphatic heterocycles. The number of morpholine rings is 1. The highest BCUT2D eigenvalue weighted by Crippen LogP contribution is 2.33. The first kappa shape index (κ1) is 23.0. The Morgan fingerprint density at radius 2 is 2.07 bits per heavy atom. The molecule has 1 aromatic carbocycles.